The van der Waals surface area contributed by atoms with Gasteiger partial charge in [0.15, 0.2) is 0 Å². The molecule has 0 amide bonds. The minimum atomic E-state index is 0.314. The molecule has 2 aliphatic rings. The summed E-state index contributed by atoms with van der Waals surface area (Å²) in [5.74, 6) is 0. The van der Waals surface area contributed by atoms with E-state index in [0.717, 1.165) is 26.1 Å². The van der Waals surface area contributed by atoms with Crippen molar-refractivity contribution in [1.82, 2.24) is 4.90 Å². The molecule has 1 heterocycles. The monoisotopic (exact) mass is 185 g/mol. The minimum absolute atomic E-state index is 0.314. The summed E-state index contributed by atoms with van der Waals surface area (Å²) in [5, 5.41) is 8.78. The fourth-order valence-corrected chi connectivity index (χ4v) is 2.56. The summed E-state index contributed by atoms with van der Waals surface area (Å²) >= 11 is 0. The van der Waals surface area contributed by atoms with Crippen LogP contribution in [0.25, 0.3) is 0 Å². The predicted molar refractivity (Wildman–Crippen MR) is 50.7 cm³/mol. The van der Waals surface area contributed by atoms with Crippen molar-refractivity contribution in [2.24, 2.45) is 0 Å². The largest absolute Gasteiger partial charge is 0.396 e. The third-order valence-electron chi connectivity index (χ3n) is 3.20. The average Bonchev–Trinajstić information content (AvgIpc) is 2.62. The van der Waals surface area contributed by atoms with Crippen LogP contribution in [0.3, 0.4) is 0 Å². The third kappa shape index (κ3) is 2.03. The number of hydrogen-bond acceptors (Lipinski definition) is 3. The fourth-order valence-electron chi connectivity index (χ4n) is 2.56. The molecule has 0 aromatic heterocycles. The van der Waals surface area contributed by atoms with Crippen molar-refractivity contribution in [2.45, 2.75) is 37.8 Å². The SMILES string of the molecule is OCCCN1CCO[C@H]2CCC[C@H]21. The summed E-state index contributed by atoms with van der Waals surface area (Å²) in [6.07, 6.45) is 5.23. The molecule has 2 atom stereocenters. The smallest absolute Gasteiger partial charge is 0.0730 e. The normalized spacial score (nSPS) is 34.8. The Morgan fingerprint density at radius 1 is 1.38 bits per heavy atom. The van der Waals surface area contributed by atoms with Gasteiger partial charge in [-0.3, -0.25) is 4.90 Å². The van der Waals surface area contributed by atoms with E-state index >= 15 is 0 Å². The number of nitrogens with zero attached hydrogens (tertiary/aromatic N) is 1. The molecule has 2 fully saturated rings. The highest BCUT2D eigenvalue weighted by atomic mass is 16.5. The van der Waals surface area contributed by atoms with Crippen LogP contribution in [0.2, 0.25) is 0 Å². The second-order valence-electron chi connectivity index (χ2n) is 4.02. The van der Waals surface area contributed by atoms with Crippen molar-refractivity contribution in [3.63, 3.8) is 0 Å². The zero-order valence-electron chi connectivity index (χ0n) is 8.11. The lowest BCUT2D eigenvalue weighted by molar-refractivity contribution is -0.0566. The van der Waals surface area contributed by atoms with Crippen LogP contribution in [0, 0.1) is 0 Å². The first-order valence-corrected chi connectivity index (χ1v) is 5.38. The molecule has 13 heavy (non-hydrogen) atoms. The number of hydrogen-bond donors (Lipinski definition) is 1. The van der Waals surface area contributed by atoms with E-state index in [4.69, 9.17) is 9.84 Å². The Hall–Kier alpha value is -0.120. The summed E-state index contributed by atoms with van der Waals surface area (Å²) in [5.41, 5.74) is 0. The average molecular weight is 185 g/mol. The maximum absolute atomic E-state index is 8.78. The van der Waals surface area contributed by atoms with E-state index in [1.165, 1.54) is 19.3 Å². The third-order valence-corrected chi connectivity index (χ3v) is 3.20. The van der Waals surface area contributed by atoms with Crippen molar-refractivity contribution in [1.29, 1.82) is 0 Å². The first-order chi connectivity index (χ1) is 6.42. The van der Waals surface area contributed by atoms with E-state index in [9.17, 15) is 0 Å². The summed E-state index contributed by atoms with van der Waals surface area (Å²) in [6.45, 7) is 3.30. The van der Waals surface area contributed by atoms with Gasteiger partial charge in [0.1, 0.15) is 0 Å². The molecule has 0 spiro atoms. The predicted octanol–water partition coefficient (Wildman–Crippen LogP) is 0.622. The van der Waals surface area contributed by atoms with Gasteiger partial charge < -0.3 is 9.84 Å². The van der Waals surface area contributed by atoms with Crippen LogP contribution in [-0.2, 0) is 4.74 Å². The topological polar surface area (TPSA) is 32.7 Å². The first kappa shape index (κ1) is 9.44. The minimum Gasteiger partial charge on any atom is -0.396 e. The molecule has 76 valence electrons. The molecule has 0 unspecified atom stereocenters. The van der Waals surface area contributed by atoms with Crippen LogP contribution in [0.15, 0.2) is 0 Å². The molecule has 3 nitrogen and oxygen atoms in total. The zero-order chi connectivity index (χ0) is 9.10. The van der Waals surface area contributed by atoms with E-state index in [1.54, 1.807) is 0 Å². The molecule has 2 rings (SSSR count). The van der Waals surface area contributed by atoms with Gasteiger partial charge >= 0.3 is 0 Å². The highest BCUT2D eigenvalue weighted by Gasteiger charge is 2.35. The van der Waals surface area contributed by atoms with E-state index in [2.05, 4.69) is 4.90 Å². The molecule has 1 aliphatic heterocycles. The van der Waals surface area contributed by atoms with Crippen molar-refractivity contribution in [3.05, 3.63) is 0 Å². The number of aliphatic hydroxyl groups is 1. The number of fused-ring (bicyclic) bond motifs is 1. The zero-order valence-corrected chi connectivity index (χ0v) is 8.11. The van der Waals surface area contributed by atoms with Crippen LogP contribution in [-0.4, -0.2) is 48.5 Å². The first-order valence-electron chi connectivity index (χ1n) is 5.38. The second-order valence-corrected chi connectivity index (χ2v) is 4.02. The van der Waals surface area contributed by atoms with Gasteiger partial charge in [-0.25, -0.2) is 0 Å². The van der Waals surface area contributed by atoms with Crippen LogP contribution in [0.4, 0.5) is 0 Å². The molecule has 3 heteroatoms. The number of ether oxygens (including phenoxy) is 1. The van der Waals surface area contributed by atoms with Crippen molar-refractivity contribution < 1.29 is 9.84 Å². The van der Waals surface area contributed by atoms with E-state index in [0.29, 0.717) is 18.8 Å². The van der Waals surface area contributed by atoms with E-state index in [-0.39, 0.29) is 0 Å². The molecule has 1 aliphatic carbocycles. The Bertz CT molecular complexity index is 163. The Kier molecular flexibility index (Phi) is 3.19. The lowest BCUT2D eigenvalue weighted by Crippen LogP contribution is -2.48. The maximum atomic E-state index is 8.78. The Balaban J connectivity index is 1.86. The van der Waals surface area contributed by atoms with Gasteiger partial charge in [0, 0.05) is 25.7 Å². The summed E-state index contributed by atoms with van der Waals surface area (Å²) < 4.78 is 5.71. The van der Waals surface area contributed by atoms with E-state index in [1.807, 2.05) is 0 Å². The number of rotatable bonds is 3. The van der Waals surface area contributed by atoms with Crippen molar-refractivity contribution >= 4 is 0 Å². The maximum Gasteiger partial charge on any atom is 0.0730 e. The molecule has 1 saturated carbocycles. The summed E-state index contributed by atoms with van der Waals surface area (Å²) in [4.78, 5) is 2.50. The highest BCUT2D eigenvalue weighted by molar-refractivity contribution is 4.89. The Morgan fingerprint density at radius 3 is 3.15 bits per heavy atom. The van der Waals surface area contributed by atoms with Crippen LogP contribution in [0.5, 0.6) is 0 Å². The molecule has 0 aromatic carbocycles. The molecule has 0 radical (unpaired) electrons. The van der Waals surface area contributed by atoms with Gasteiger partial charge in [-0.05, 0) is 25.7 Å². The number of aliphatic hydroxyl groups excluding tert-OH is 1. The van der Waals surface area contributed by atoms with Crippen molar-refractivity contribution in [3.8, 4) is 0 Å². The summed E-state index contributed by atoms with van der Waals surface area (Å²) in [6, 6.07) is 0.653. The molecular weight excluding hydrogens is 166 g/mol. The van der Waals surface area contributed by atoms with Crippen LogP contribution < -0.4 is 0 Å². The molecule has 0 bridgehead atoms. The highest BCUT2D eigenvalue weighted by Crippen LogP contribution is 2.29. The molecular formula is C10H19NO2. The number of morpholine rings is 1. The van der Waals surface area contributed by atoms with Gasteiger partial charge in [0.2, 0.25) is 0 Å². The molecule has 0 aromatic rings. The Morgan fingerprint density at radius 2 is 2.31 bits per heavy atom. The van der Waals surface area contributed by atoms with Gasteiger partial charge in [0.25, 0.3) is 0 Å². The fraction of sp³-hybridized carbons (Fsp3) is 1.00. The van der Waals surface area contributed by atoms with Crippen LogP contribution >= 0.6 is 0 Å². The summed E-state index contributed by atoms with van der Waals surface area (Å²) in [7, 11) is 0. The van der Waals surface area contributed by atoms with Gasteiger partial charge in [-0.1, -0.05) is 0 Å². The standard InChI is InChI=1S/C10H19NO2/c12-7-2-5-11-6-8-13-10-4-1-3-9(10)11/h9-10,12H,1-8H2/t9-,10+/m1/s1. The quantitative estimate of drug-likeness (QED) is 0.699. The van der Waals surface area contributed by atoms with Crippen LogP contribution in [0.1, 0.15) is 25.7 Å². The van der Waals surface area contributed by atoms with Crippen molar-refractivity contribution in [2.75, 3.05) is 26.3 Å². The van der Waals surface area contributed by atoms with E-state index < -0.39 is 0 Å². The van der Waals surface area contributed by atoms with Gasteiger partial charge in [-0.2, -0.15) is 0 Å². The van der Waals surface area contributed by atoms with Gasteiger partial charge in [-0.15, -0.1) is 0 Å². The molecule has 1 N–H and O–H groups in total. The molecule has 1 saturated heterocycles. The second kappa shape index (κ2) is 4.40. The lowest BCUT2D eigenvalue weighted by Gasteiger charge is -2.37. The Labute approximate surface area is 79.7 Å². The lowest BCUT2D eigenvalue weighted by atomic mass is 10.1. The van der Waals surface area contributed by atoms with Gasteiger partial charge in [0.05, 0.1) is 12.7 Å².